The predicted octanol–water partition coefficient (Wildman–Crippen LogP) is 1.59. The van der Waals surface area contributed by atoms with Crippen molar-refractivity contribution in [2.75, 3.05) is 0 Å². The van der Waals surface area contributed by atoms with Gasteiger partial charge in [0.1, 0.15) is 6.04 Å². The minimum atomic E-state index is -4.02. The van der Waals surface area contributed by atoms with Crippen molar-refractivity contribution in [2.24, 2.45) is 0 Å². The van der Waals surface area contributed by atoms with E-state index in [1.165, 1.54) is 12.1 Å². The van der Waals surface area contributed by atoms with Crippen LogP contribution in [0.1, 0.15) is 38.7 Å². The number of carbonyl (C=O) groups is 2. The Hall–Kier alpha value is -1.89. The molecule has 1 fully saturated rings. The van der Waals surface area contributed by atoms with E-state index < -0.39 is 27.9 Å². The van der Waals surface area contributed by atoms with Crippen molar-refractivity contribution in [3.8, 4) is 0 Å². The Kier molecular flexibility index (Phi) is 5.09. The van der Waals surface area contributed by atoms with Gasteiger partial charge in [-0.1, -0.05) is 24.6 Å². The monoisotopic (exact) mass is 338 g/mol. The van der Waals surface area contributed by atoms with E-state index in [1.54, 1.807) is 12.1 Å². The van der Waals surface area contributed by atoms with Crippen LogP contribution in [-0.2, 0) is 19.6 Å². The summed E-state index contributed by atoms with van der Waals surface area (Å²) in [5, 5.41) is 2.76. The largest absolute Gasteiger partial charge is 0.352 e. The van der Waals surface area contributed by atoms with Crippen LogP contribution in [-0.4, -0.2) is 36.6 Å². The minimum Gasteiger partial charge on any atom is -0.352 e. The summed E-state index contributed by atoms with van der Waals surface area (Å²) in [6.07, 6.45) is 1.01. The normalized spacial score (nSPS) is 19.7. The molecule has 6 nitrogen and oxygen atoms in total. The molecule has 1 aromatic rings. The van der Waals surface area contributed by atoms with Crippen molar-refractivity contribution in [1.29, 1.82) is 0 Å². The third-order valence-corrected chi connectivity index (χ3v) is 5.89. The molecule has 0 saturated carbocycles. The Morgan fingerprint density at radius 2 is 1.96 bits per heavy atom. The number of sulfonamides is 1. The Bertz CT molecular complexity index is 697. The van der Waals surface area contributed by atoms with Crippen molar-refractivity contribution in [2.45, 2.75) is 57.0 Å². The van der Waals surface area contributed by atoms with Crippen molar-refractivity contribution < 1.29 is 18.0 Å². The van der Waals surface area contributed by atoms with E-state index in [9.17, 15) is 18.0 Å². The van der Waals surface area contributed by atoms with Gasteiger partial charge in [0, 0.05) is 12.5 Å². The number of rotatable bonds is 5. The number of nitrogens with zero attached hydrogens (tertiary/aromatic N) is 1. The van der Waals surface area contributed by atoms with Gasteiger partial charge >= 0.3 is 0 Å². The van der Waals surface area contributed by atoms with Gasteiger partial charge in [0.15, 0.2) is 0 Å². The lowest BCUT2D eigenvalue weighted by Crippen LogP contribution is -2.49. The van der Waals surface area contributed by atoms with Crippen LogP contribution in [0.2, 0.25) is 0 Å². The fraction of sp³-hybridized carbons (Fsp3) is 0.500. The molecule has 1 N–H and O–H groups in total. The molecule has 2 rings (SSSR count). The third-order valence-electron chi connectivity index (χ3n) is 4.04. The zero-order valence-electron chi connectivity index (χ0n) is 13.6. The van der Waals surface area contributed by atoms with Crippen LogP contribution < -0.4 is 5.32 Å². The van der Waals surface area contributed by atoms with Gasteiger partial charge < -0.3 is 5.32 Å². The van der Waals surface area contributed by atoms with Gasteiger partial charge in [-0.2, -0.15) is 0 Å². The van der Waals surface area contributed by atoms with Crippen LogP contribution in [0.25, 0.3) is 0 Å². The zero-order chi connectivity index (χ0) is 17.2. The van der Waals surface area contributed by atoms with E-state index in [4.69, 9.17) is 0 Å². The molecule has 126 valence electrons. The first-order valence-electron chi connectivity index (χ1n) is 7.71. The summed E-state index contributed by atoms with van der Waals surface area (Å²) in [7, 11) is -4.02. The van der Waals surface area contributed by atoms with Gasteiger partial charge in [-0.05, 0) is 38.8 Å². The molecule has 23 heavy (non-hydrogen) atoms. The predicted molar refractivity (Wildman–Crippen MR) is 86.1 cm³/mol. The summed E-state index contributed by atoms with van der Waals surface area (Å²) in [4.78, 5) is 24.5. The summed E-state index contributed by atoms with van der Waals surface area (Å²) in [6, 6.07) is 5.22. The molecule has 0 aromatic heterocycles. The first kappa shape index (κ1) is 17.5. The minimum absolute atomic E-state index is 0.0275. The highest BCUT2D eigenvalue weighted by Gasteiger charge is 2.44. The van der Waals surface area contributed by atoms with Gasteiger partial charge in [0.25, 0.3) is 10.0 Å². The number of hydrogen-bond donors (Lipinski definition) is 1. The lowest BCUT2D eigenvalue weighted by atomic mass is 10.2. The Balaban J connectivity index is 2.32. The highest BCUT2D eigenvalue weighted by atomic mass is 32.2. The molecule has 1 saturated heterocycles. The van der Waals surface area contributed by atoms with E-state index in [0.29, 0.717) is 0 Å². The van der Waals surface area contributed by atoms with E-state index in [0.717, 1.165) is 16.3 Å². The van der Waals surface area contributed by atoms with Crippen molar-refractivity contribution in [3.05, 3.63) is 29.8 Å². The number of benzene rings is 1. The molecule has 0 spiro atoms. The summed E-state index contributed by atoms with van der Waals surface area (Å²) in [5.41, 5.74) is 0.919. The number of nitrogens with one attached hydrogen (secondary N) is 1. The van der Waals surface area contributed by atoms with Crippen LogP contribution in [0.4, 0.5) is 0 Å². The second-order valence-corrected chi connectivity index (χ2v) is 7.69. The number of amides is 2. The molecule has 0 aliphatic carbocycles. The van der Waals surface area contributed by atoms with Crippen LogP contribution >= 0.6 is 0 Å². The van der Waals surface area contributed by atoms with E-state index in [2.05, 4.69) is 5.32 Å². The van der Waals surface area contributed by atoms with Gasteiger partial charge in [-0.25, -0.2) is 12.7 Å². The molecule has 0 unspecified atom stereocenters. The van der Waals surface area contributed by atoms with Crippen LogP contribution in [0.15, 0.2) is 29.2 Å². The van der Waals surface area contributed by atoms with Crippen LogP contribution in [0, 0.1) is 6.92 Å². The second kappa shape index (κ2) is 6.70. The fourth-order valence-corrected chi connectivity index (χ4v) is 4.07. The molecule has 0 bridgehead atoms. The highest BCUT2D eigenvalue weighted by Crippen LogP contribution is 2.27. The maximum absolute atomic E-state index is 12.8. The summed E-state index contributed by atoms with van der Waals surface area (Å²) in [5.74, 6) is -0.948. The third kappa shape index (κ3) is 3.55. The van der Waals surface area contributed by atoms with E-state index in [-0.39, 0.29) is 23.8 Å². The molecular formula is C16H22N2O4S. The molecule has 2 amide bonds. The van der Waals surface area contributed by atoms with Gasteiger partial charge in [-0.15, -0.1) is 0 Å². The number of aryl methyl sites for hydroxylation is 1. The molecular weight excluding hydrogens is 316 g/mol. The fourth-order valence-electron chi connectivity index (χ4n) is 2.47. The van der Waals surface area contributed by atoms with Crippen molar-refractivity contribution in [1.82, 2.24) is 9.62 Å². The van der Waals surface area contributed by atoms with Gasteiger partial charge in [0.2, 0.25) is 11.8 Å². The second-order valence-electron chi connectivity index (χ2n) is 5.88. The van der Waals surface area contributed by atoms with E-state index >= 15 is 0 Å². The Morgan fingerprint density at radius 3 is 2.52 bits per heavy atom. The molecule has 1 heterocycles. The first-order chi connectivity index (χ1) is 10.8. The molecule has 1 aliphatic heterocycles. The Labute approximate surface area is 136 Å². The van der Waals surface area contributed by atoms with Crippen molar-refractivity contribution in [3.63, 3.8) is 0 Å². The maximum Gasteiger partial charge on any atom is 0.267 e. The summed E-state index contributed by atoms with van der Waals surface area (Å²) in [6.45, 7) is 5.61. The van der Waals surface area contributed by atoms with Crippen LogP contribution in [0.3, 0.4) is 0 Å². The van der Waals surface area contributed by atoms with E-state index in [1.807, 2.05) is 20.8 Å². The lowest BCUT2D eigenvalue weighted by molar-refractivity contribution is -0.131. The first-order valence-corrected chi connectivity index (χ1v) is 9.15. The lowest BCUT2D eigenvalue weighted by Gasteiger charge is -2.25. The number of hydrogen-bond acceptors (Lipinski definition) is 4. The SMILES string of the molecule is CC[C@H](C)NC(=O)[C@@H]1CCC(=O)N1S(=O)(=O)c1ccc(C)cc1. The summed E-state index contributed by atoms with van der Waals surface area (Å²) >= 11 is 0. The van der Waals surface area contributed by atoms with Crippen molar-refractivity contribution >= 4 is 21.8 Å². The molecule has 1 aromatic carbocycles. The smallest absolute Gasteiger partial charge is 0.267 e. The molecule has 0 radical (unpaired) electrons. The Morgan fingerprint density at radius 1 is 1.35 bits per heavy atom. The standard InChI is InChI=1S/C16H22N2O4S/c1-4-12(3)17-16(20)14-9-10-15(19)18(14)23(21,22)13-7-5-11(2)6-8-13/h5-8,12,14H,4,9-10H2,1-3H3,(H,17,20)/t12-,14-/m0/s1. The van der Waals surface area contributed by atoms with Gasteiger partial charge in [-0.3, -0.25) is 9.59 Å². The summed E-state index contributed by atoms with van der Waals surface area (Å²) < 4.78 is 26.2. The van der Waals surface area contributed by atoms with Gasteiger partial charge in [0.05, 0.1) is 4.90 Å². The molecule has 2 atom stereocenters. The average Bonchev–Trinajstić information content (AvgIpc) is 2.90. The quantitative estimate of drug-likeness (QED) is 0.884. The molecule has 7 heteroatoms. The highest BCUT2D eigenvalue weighted by molar-refractivity contribution is 7.89. The number of carbonyl (C=O) groups excluding carboxylic acids is 2. The maximum atomic E-state index is 12.8. The topological polar surface area (TPSA) is 83.6 Å². The molecule has 1 aliphatic rings. The van der Waals surface area contributed by atoms with Crippen LogP contribution in [0.5, 0.6) is 0 Å². The zero-order valence-corrected chi connectivity index (χ0v) is 14.4. The average molecular weight is 338 g/mol.